The first-order valence-electron chi connectivity index (χ1n) is 8.43. The highest BCUT2D eigenvalue weighted by molar-refractivity contribution is 5.41. The minimum absolute atomic E-state index is 0.130. The van der Waals surface area contributed by atoms with Crippen LogP contribution in [0.4, 0.5) is 0 Å². The first kappa shape index (κ1) is 15.3. The maximum atomic E-state index is 6.00. The number of H-pyrrole nitrogens is 2. The summed E-state index contributed by atoms with van der Waals surface area (Å²) in [4.78, 5) is 6.68. The fraction of sp³-hybridized carbons (Fsp3) is 0.0909. The molecular formula is C22H20N2O. The van der Waals surface area contributed by atoms with Crippen LogP contribution in [0.2, 0.25) is 0 Å². The quantitative estimate of drug-likeness (QED) is 0.508. The Kier molecular flexibility index (Phi) is 4.38. The minimum Gasteiger partial charge on any atom is -0.489 e. The fourth-order valence-electron chi connectivity index (χ4n) is 3.10. The Morgan fingerprint density at radius 3 is 2.08 bits per heavy atom. The summed E-state index contributed by atoms with van der Waals surface area (Å²) in [6.07, 6.45) is 3.92. The summed E-state index contributed by atoms with van der Waals surface area (Å²) in [6, 6.07) is 26.8. The van der Waals surface area contributed by atoms with Crippen molar-refractivity contribution in [2.24, 2.45) is 0 Å². The van der Waals surface area contributed by atoms with Crippen LogP contribution in [0.15, 0.2) is 91.3 Å². The van der Waals surface area contributed by atoms with Gasteiger partial charge in [0.05, 0.1) is 5.92 Å². The minimum atomic E-state index is 0.130. The van der Waals surface area contributed by atoms with Crippen LogP contribution in [0.1, 0.15) is 28.4 Å². The van der Waals surface area contributed by atoms with Crippen molar-refractivity contribution in [3.05, 3.63) is 114 Å². The second-order valence-electron chi connectivity index (χ2n) is 6.03. The van der Waals surface area contributed by atoms with Crippen LogP contribution in [0.3, 0.4) is 0 Å². The van der Waals surface area contributed by atoms with E-state index in [9.17, 15) is 0 Å². The lowest BCUT2D eigenvalue weighted by Gasteiger charge is -2.16. The monoisotopic (exact) mass is 328 g/mol. The van der Waals surface area contributed by atoms with Gasteiger partial charge >= 0.3 is 0 Å². The number of ether oxygens (including phenoxy) is 1. The maximum Gasteiger partial charge on any atom is 0.120 e. The summed E-state index contributed by atoms with van der Waals surface area (Å²) in [6.45, 7) is 0.569. The highest BCUT2D eigenvalue weighted by Gasteiger charge is 2.18. The molecule has 0 unspecified atom stereocenters. The summed E-state index contributed by atoms with van der Waals surface area (Å²) >= 11 is 0. The van der Waals surface area contributed by atoms with Crippen LogP contribution in [0.5, 0.6) is 5.75 Å². The lowest BCUT2D eigenvalue weighted by Crippen LogP contribution is -2.05. The van der Waals surface area contributed by atoms with Crippen molar-refractivity contribution >= 4 is 0 Å². The zero-order valence-electron chi connectivity index (χ0n) is 13.9. The first-order valence-corrected chi connectivity index (χ1v) is 8.43. The van der Waals surface area contributed by atoms with Gasteiger partial charge in [-0.05, 0) is 47.5 Å². The van der Waals surface area contributed by atoms with E-state index in [0.29, 0.717) is 6.61 Å². The van der Waals surface area contributed by atoms with Crippen molar-refractivity contribution in [1.82, 2.24) is 9.97 Å². The molecule has 2 N–H and O–H groups in total. The molecule has 4 rings (SSSR count). The molecule has 0 saturated carbocycles. The van der Waals surface area contributed by atoms with Gasteiger partial charge in [-0.15, -0.1) is 0 Å². The largest absolute Gasteiger partial charge is 0.489 e. The van der Waals surface area contributed by atoms with Gasteiger partial charge in [0.1, 0.15) is 12.4 Å². The Bertz CT molecular complexity index is 862. The smallest absolute Gasteiger partial charge is 0.120 e. The normalized spacial score (nSPS) is 10.9. The van der Waals surface area contributed by atoms with E-state index in [4.69, 9.17) is 4.74 Å². The van der Waals surface area contributed by atoms with E-state index < -0.39 is 0 Å². The molecule has 0 fully saturated rings. The van der Waals surface area contributed by atoms with Gasteiger partial charge < -0.3 is 14.7 Å². The fourth-order valence-corrected chi connectivity index (χ4v) is 3.10. The number of hydrogen-bond donors (Lipinski definition) is 2. The topological polar surface area (TPSA) is 40.8 Å². The summed E-state index contributed by atoms with van der Waals surface area (Å²) in [5, 5.41) is 0. The zero-order chi connectivity index (χ0) is 16.9. The van der Waals surface area contributed by atoms with E-state index in [1.165, 1.54) is 5.56 Å². The third-order valence-corrected chi connectivity index (χ3v) is 4.31. The van der Waals surface area contributed by atoms with Crippen molar-refractivity contribution in [1.29, 1.82) is 0 Å². The number of benzene rings is 2. The van der Waals surface area contributed by atoms with E-state index in [1.54, 1.807) is 0 Å². The molecule has 3 nitrogen and oxygen atoms in total. The molecule has 0 spiro atoms. The number of nitrogens with one attached hydrogen (secondary N) is 2. The summed E-state index contributed by atoms with van der Waals surface area (Å²) in [5.74, 6) is 1.01. The number of hydrogen-bond acceptors (Lipinski definition) is 1. The average molecular weight is 328 g/mol. The molecule has 124 valence electrons. The summed E-state index contributed by atoms with van der Waals surface area (Å²) < 4.78 is 6.00. The molecule has 25 heavy (non-hydrogen) atoms. The highest BCUT2D eigenvalue weighted by atomic mass is 16.5. The molecule has 0 amide bonds. The second-order valence-corrected chi connectivity index (χ2v) is 6.03. The van der Waals surface area contributed by atoms with Crippen LogP contribution in [-0.2, 0) is 6.61 Å². The predicted octanol–water partition coefficient (Wildman–Crippen LogP) is 5.10. The van der Waals surface area contributed by atoms with Crippen molar-refractivity contribution in [2.75, 3.05) is 0 Å². The third kappa shape index (κ3) is 3.50. The van der Waals surface area contributed by atoms with E-state index in [1.807, 2.05) is 48.8 Å². The Balaban J connectivity index is 1.60. The van der Waals surface area contributed by atoms with Gasteiger partial charge in [-0.1, -0.05) is 42.5 Å². The van der Waals surface area contributed by atoms with Crippen molar-refractivity contribution in [3.63, 3.8) is 0 Å². The molecule has 0 saturated heterocycles. The van der Waals surface area contributed by atoms with Gasteiger partial charge in [-0.25, -0.2) is 0 Å². The molecule has 0 radical (unpaired) electrons. The SMILES string of the molecule is c1ccc(COc2cccc(C(c3ccc[nH]3)c3ccc[nH]3)c2)cc1. The lowest BCUT2D eigenvalue weighted by atomic mass is 9.92. The van der Waals surface area contributed by atoms with Crippen molar-refractivity contribution in [2.45, 2.75) is 12.5 Å². The molecule has 0 aliphatic heterocycles. The average Bonchev–Trinajstić information content (AvgIpc) is 3.36. The molecule has 0 aliphatic carbocycles. The molecule has 2 aromatic carbocycles. The van der Waals surface area contributed by atoms with Crippen LogP contribution in [0.25, 0.3) is 0 Å². The first-order chi connectivity index (χ1) is 12.4. The summed E-state index contributed by atoms with van der Waals surface area (Å²) in [5.41, 5.74) is 4.67. The number of aromatic amines is 2. The van der Waals surface area contributed by atoms with Gasteiger partial charge in [0.2, 0.25) is 0 Å². The van der Waals surface area contributed by atoms with Gasteiger partial charge in [0.25, 0.3) is 0 Å². The zero-order valence-corrected chi connectivity index (χ0v) is 13.9. The molecule has 4 aromatic rings. The molecular weight excluding hydrogens is 308 g/mol. The molecule has 0 aliphatic rings. The Morgan fingerprint density at radius 2 is 1.44 bits per heavy atom. The molecule has 0 bridgehead atoms. The number of aromatic nitrogens is 2. The van der Waals surface area contributed by atoms with Crippen LogP contribution < -0.4 is 4.74 Å². The van der Waals surface area contributed by atoms with Crippen LogP contribution in [0, 0.1) is 0 Å². The van der Waals surface area contributed by atoms with Crippen LogP contribution in [-0.4, -0.2) is 9.97 Å². The molecule has 0 atom stereocenters. The van der Waals surface area contributed by atoms with E-state index >= 15 is 0 Å². The Morgan fingerprint density at radius 1 is 0.720 bits per heavy atom. The predicted molar refractivity (Wildman–Crippen MR) is 99.7 cm³/mol. The second kappa shape index (κ2) is 7.14. The molecule has 3 heteroatoms. The standard InChI is InChI=1S/C22H20N2O/c1-2-7-17(8-3-1)16-25-19-10-4-9-18(15-19)22(20-11-5-13-23-20)21-12-6-14-24-21/h1-15,22-24H,16H2. The molecule has 2 heterocycles. The van der Waals surface area contributed by atoms with E-state index in [-0.39, 0.29) is 5.92 Å². The molecule has 2 aromatic heterocycles. The number of rotatable bonds is 6. The highest BCUT2D eigenvalue weighted by Crippen LogP contribution is 2.31. The maximum absolute atomic E-state index is 6.00. The van der Waals surface area contributed by atoms with Crippen molar-refractivity contribution in [3.8, 4) is 5.75 Å². The lowest BCUT2D eigenvalue weighted by molar-refractivity contribution is 0.306. The van der Waals surface area contributed by atoms with Gasteiger partial charge in [0.15, 0.2) is 0 Å². The van der Waals surface area contributed by atoms with Gasteiger partial charge in [-0.2, -0.15) is 0 Å². The van der Waals surface area contributed by atoms with E-state index in [0.717, 1.165) is 22.7 Å². The summed E-state index contributed by atoms with van der Waals surface area (Å²) in [7, 11) is 0. The van der Waals surface area contributed by atoms with Crippen molar-refractivity contribution < 1.29 is 4.74 Å². The third-order valence-electron chi connectivity index (χ3n) is 4.31. The Labute approximate surface area is 147 Å². The van der Waals surface area contributed by atoms with Gasteiger partial charge in [0, 0.05) is 23.8 Å². The van der Waals surface area contributed by atoms with Crippen LogP contribution >= 0.6 is 0 Å². The Hall–Kier alpha value is -3.20. The van der Waals surface area contributed by atoms with Gasteiger partial charge in [-0.3, -0.25) is 0 Å². The van der Waals surface area contributed by atoms with E-state index in [2.05, 4.69) is 52.4 Å².